The zero-order valence-electron chi connectivity index (χ0n) is 13.1. The van der Waals surface area contributed by atoms with Gasteiger partial charge in [0.1, 0.15) is 0 Å². The van der Waals surface area contributed by atoms with Gasteiger partial charge in [0.25, 0.3) is 0 Å². The quantitative estimate of drug-likeness (QED) is 0.895. The van der Waals surface area contributed by atoms with Crippen LogP contribution in [0.3, 0.4) is 0 Å². The first-order chi connectivity index (χ1) is 9.70. The van der Waals surface area contributed by atoms with Gasteiger partial charge in [0.05, 0.1) is 0 Å². The molecule has 1 aliphatic heterocycles. The summed E-state index contributed by atoms with van der Waals surface area (Å²) in [5.41, 5.74) is 8.67. The van der Waals surface area contributed by atoms with Crippen LogP contribution in [0.2, 0.25) is 0 Å². The summed E-state index contributed by atoms with van der Waals surface area (Å²) in [6.07, 6.45) is 6.51. The van der Waals surface area contributed by atoms with Crippen molar-refractivity contribution in [3.8, 4) is 0 Å². The Bertz CT molecular complexity index is 507. The first-order valence-corrected chi connectivity index (χ1v) is 8.07. The Labute approximate surface area is 145 Å². The molecule has 2 N–H and O–H groups in total. The highest BCUT2D eigenvalue weighted by Crippen LogP contribution is 2.38. The summed E-state index contributed by atoms with van der Waals surface area (Å²) in [4.78, 5) is 12.0. The fraction of sp³-hybridized carbons (Fsp3) is 0.750. The van der Waals surface area contributed by atoms with E-state index in [0.29, 0.717) is 23.8 Å². The van der Waals surface area contributed by atoms with E-state index >= 15 is 0 Å². The van der Waals surface area contributed by atoms with Crippen LogP contribution in [0.5, 0.6) is 0 Å². The molecule has 1 unspecified atom stereocenters. The number of hydrogen-bond donors (Lipinski definition) is 1. The minimum absolute atomic E-state index is 0. The zero-order chi connectivity index (χ0) is 13.7. The first-order valence-electron chi connectivity index (χ1n) is 8.07. The number of aryl methyl sites for hydroxylation is 1. The third-order valence-corrected chi connectivity index (χ3v) is 5.58. The number of hydrogen-bond acceptors (Lipinski definition) is 4. The van der Waals surface area contributed by atoms with Crippen molar-refractivity contribution in [2.45, 2.75) is 51.0 Å². The third kappa shape index (κ3) is 3.06. The maximum absolute atomic E-state index is 6.30. The second kappa shape index (κ2) is 6.90. The van der Waals surface area contributed by atoms with Gasteiger partial charge in [0, 0.05) is 36.4 Å². The fourth-order valence-corrected chi connectivity index (χ4v) is 4.06. The minimum atomic E-state index is 0. The van der Waals surface area contributed by atoms with E-state index in [4.69, 9.17) is 15.7 Å². The van der Waals surface area contributed by atoms with E-state index in [-0.39, 0.29) is 24.8 Å². The average molecular weight is 345 g/mol. The van der Waals surface area contributed by atoms with Crippen molar-refractivity contribution in [3.05, 3.63) is 17.5 Å². The predicted octanol–water partition coefficient (Wildman–Crippen LogP) is 3.07. The summed E-state index contributed by atoms with van der Waals surface area (Å²) in [6.45, 7) is 4.19. The Morgan fingerprint density at radius 1 is 1.05 bits per heavy atom. The number of piperidine rings is 1. The topological polar surface area (TPSA) is 55.0 Å². The number of anilines is 1. The molecular formula is C16H26Cl2N4. The molecule has 3 aliphatic rings. The van der Waals surface area contributed by atoms with Crippen LogP contribution in [0.1, 0.15) is 49.4 Å². The van der Waals surface area contributed by atoms with Crippen LogP contribution in [0.4, 0.5) is 5.95 Å². The summed E-state index contributed by atoms with van der Waals surface area (Å²) < 4.78 is 0. The Hall–Kier alpha value is -0.580. The number of nitrogens with two attached hydrogens (primary N) is 1. The summed E-state index contributed by atoms with van der Waals surface area (Å²) in [7, 11) is 0. The van der Waals surface area contributed by atoms with Gasteiger partial charge in [-0.25, -0.2) is 9.97 Å². The predicted molar refractivity (Wildman–Crippen MR) is 94.3 cm³/mol. The minimum Gasteiger partial charge on any atom is -0.340 e. The lowest BCUT2D eigenvalue weighted by molar-refractivity contribution is 0.352. The molecule has 0 aromatic carbocycles. The number of nitrogens with zero attached hydrogens (tertiary/aromatic N) is 3. The van der Waals surface area contributed by atoms with E-state index < -0.39 is 0 Å². The van der Waals surface area contributed by atoms with Gasteiger partial charge in [0.2, 0.25) is 5.95 Å². The molecule has 2 heterocycles. The molecule has 1 aromatic heterocycles. The molecule has 0 amide bonds. The summed E-state index contributed by atoms with van der Waals surface area (Å²) >= 11 is 0. The lowest BCUT2D eigenvalue weighted by Crippen LogP contribution is -2.49. The van der Waals surface area contributed by atoms with Gasteiger partial charge in [-0.05, 0) is 50.5 Å². The van der Waals surface area contributed by atoms with Crippen molar-refractivity contribution in [1.29, 1.82) is 0 Å². The molecule has 2 bridgehead atoms. The van der Waals surface area contributed by atoms with Crippen molar-refractivity contribution in [2.24, 2.45) is 17.6 Å². The second-order valence-electron chi connectivity index (χ2n) is 6.94. The van der Waals surface area contributed by atoms with Crippen molar-refractivity contribution < 1.29 is 0 Å². The maximum atomic E-state index is 6.30. The molecule has 22 heavy (non-hydrogen) atoms. The van der Waals surface area contributed by atoms with Gasteiger partial charge in [0.15, 0.2) is 0 Å². The Morgan fingerprint density at radius 2 is 1.68 bits per heavy atom. The molecule has 3 fully saturated rings. The molecule has 124 valence electrons. The van der Waals surface area contributed by atoms with E-state index in [1.807, 2.05) is 0 Å². The molecule has 0 radical (unpaired) electrons. The summed E-state index contributed by atoms with van der Waals surface area (Å²) in [5.74, 6) is 2.92. The van der Waals surface area contributed by atoms with Crippen LogP contribution < -0.4 is 10.6 Å². The largest absolute Gasteiger partial charge is 0.340 e. The molecule has 1 saturated heterocycles. The average Bonchev–Trinajstić information content (AvgIpc) is 2.60. The number of halogens is 2. The first kappa shape index (κ1) is 17.8. The lowest BCUT2D eigenvalue weighted by Gasteiger charge is -2.36. The lowest BCUT2D eigenvalue weighted by atomic mass is 9.82. The number of rotatable bonds is 2. The van der Waals surface area contributed by atoms with E-state index in [9.17, 15) is 0 Å². The molecule has 4 rings (SSSR count). The van der Waals surface area contributed by atoms with E-state index in [0.717, 1.165) is 24.7 Å². The van der Waals surface area contributed by atoms with E-state index in [1.54, 1.807) is 0 Å². The van der Waals surface area contributed by atoms with E-state index in [1.165, 1.54) is 37.8 Å². The van der Waals surface area contributed by atoms with Crippen LogP contribution in [-0.4, -0.2) is 29.1 Å². The highest BCUT2D eigenvalue weighted by Gasteiger charge is 2.40. The fourth-order valence-electron chi connectivity index (χ4n) is 4.06. The van der Waals surface area contributed by atoms with Gasteiger partial charge in [-0.3, -0.25) is 0 Å². The second-order valence-corrected chi connectivity index (χ2v) is 6.94. The normalized spacial score (nSPS) is 30.3. The highest BCUT2D eigenvalue weighted by atomic mass is 35.5. The van der Waals surface area contributed by atoms with Gasteiger partial charge >= 0.3 is 0 Å². The van der Waals surface area contributed by atoms with Gasteiger partial charge < -0.3 is 10.6 Å². The van der Waals surface area contributed by atoms with Crippen LogP contribution >= 0.6 is 24.8 Å². The smallest absolute Gasteiger partial charge is 0.225 e. The molecule has 2 aliphatic carbocycles. The van der Waals surface area contributed by atoms with Crippen molar-refractivity contribution in [1.82, 2.24) is 9.97 Å². The van der Waals surface area contributed by atoms with Gasteiger partial charge in [-0.15, -0.1) is 24.8 Å². The maximum Gasteiger partial charge on any atom is 0.225 e. The van der Waals surface area contributed by atoms with Crippen molar-refractivity contribution in [3.63, 3.8) is 0 Å². The Balaban J connectivity index is 0.000000882. The number of fused-ring (bicyclic) bond motifs is 2. The Morgan fingerprint density at radius 3 is 2.23 bits per heavy atom. The molecule has 1 aromatic rings. The van der Waals surface area contributed by atoms with Crippen molar-refractivity contribution in [2.75, 3.05) is 18.0 Å². The number of aromatic nitrogens is 2. The Kier molecular flexibility index (Phi) is 5.57. The third-order valence-electron chi connectivity index (χ3n) is 5.58. The standard InChI is InChI=1S/C16H24N4.2ClH/c1-10-7-14(11-3-2-4-11)19-16(18-10)20-8-12-5-6-13(9-20)15(12)17;;/h7,11-13,15H,2-6,8-9,17H2,1H3;2*1H/t12-,13+,15?;;. The summed E-state index contributed by atoms with van der Waals surface area (Å²) in [6, 6.07) is 2.58. The van der Waals surface area contributed by atoms with Crippen LogP contribution in [-0.2, 0) is 0 Å². The van der Waals surface area contributed by atoms with Crippen LogP contribution in [0.25, 0.3) is 0 Å². The van der Waals surface area contributed by atoms with Crippen molar-refractivity contribution >= 4 is 30.8 Å². The summed E-state index contributed by atoms with van der Waals surface area (Å²) in [5, 5.41) is 0. The monoisotopic (exact) mass is 344 g/mol. The molecule has 2 saturated carbocycles. The van der Waals surface area contributed by atoms with Crippen LogP contribution in [0.15, 0.2) is 6.07 Å². The van der Waals surface area contributed by atoms with Gasteiger partial charge in [-0.1, -0.05) is 6.42 Å². The highest BCUT2D eigenvalue weighted by molar-refractivity contribution is 5.85. The molecule has 6 heteroatoms. The molecule has 3 atom stereocenters. The van der Waals surface area contributed by atoms with Crippen LogP contribution in [0, 0.1) is 18.8 Å². The molecule has 0 spiro atoms. The van der Waals surface area contributed by atoms with Gasteiger partial charge in [-0.2, -0.15) is 0 Å². The SMILES string of the molecule is Cc1cc(C2CCC2)nc(N2C[C@H]3CC[C@@H](C2)C3N)n1.Cl.Cl. The van der Waals surface area contributed by atoms with E-state index in [2.05, 4.69) is 17.9 Å². The molecular weight excluding hydrogens is 319 g/mol. The zero-order valence-corrected chi connectivity index (χ0v) is 14.7. The molecule has 4 nitrogen and oxygen atoms in total.